The topological polar surface area (TPSA) is 58.4 Å². The predicted molar refractivity (Wildman–Crippen MR) is 66.0 cm³/mol. The summed E-state index contributed by atoms with van der Waals surface area (Å²) in [6.07, 6.45) is 1.29. The zero-order valence-corrected chi connectivity index (χ0v) is 10.7. The van der Waals surface area contributed by atoms with Gasteiger partial charge < -0.3 is 16.0 Å². The Hall–Kier alpha value is -0.610. The Morgan fingerprint density at radius 2 is 2.00 bits per heavy atom. The molecule has 0 aromatic heterocycles. The molecule has 1 heterocycles. The van der Waals surface area contributed by atoms with Crippen molar-refractivity contribution in [2.45, 2.75) is 33.2 Å². The summed E-state index contributed by atoms with van der Waals surface area (Å²) in [6.45, 7) is 10.2. The second-order valence-corrected chi connectivity index (χ2v) is 5.18. The Morgan fingerprint density at radius 3 is 2.44 bits per heavy atom. The van der Waals surface area contributed by atoms with E-state index >= 15 is 0 Å². The minimum absolute atomic E-state index is 0.206. The number of hydrogen-bond donors (Lipinski definition) is 2. The molecule has 3 atom stereocenters. The van der Waals surface area contributed by atoms with Gasteiger partial charge in [0.15, 0.2) is 0 Å². The average Bonchev–Trinajstić information content (AvgIpc) is 2.15. The lowest BCUT2D eigenvalue weighted by molar-refractivity contribution is -0.120. The summed E-state index contributed by atoms with van der Waals surface area (Å²) in [7, 11) is 0. The number of likely N-dealkylation sites (tertiary alicyclic amines) is 1. The molecule has 1 fully saturated rings. The van der Waals surface area contributed by atoms with Crippen molar-refractivity contribution >= 4 is 5.91 Å². The maximum absolute atomic E-state index is 11.3. The second kappa shape index (κ2) is 6.21. The Morgan fingerprint density at radius 1 is 1.44 bits per heavy atom. The van der Waals surface area contributed by atoms with Gasteiger partial charge in [-0.05, 0) is 24.8 Å². The van der Waals surface area contributed by atoms with Gasteiger partial charge in [-0.3, -0.25) is 4.79 Å². The van der Waals surface area contributed by atoms with Crippen molar-refractivity contribution in [3.63, 3.8) is 0 Å². The number of rotatable bonds is 5. The zero-order valence-electron chi connectivity index (χ0n) is 10.7. The van der Waals surface area contributed by atoms with Crippen molar-refractivity contribution in [3.8, 4) is 0 Å². The number of hydrogen-bond acceptors (Lipinski definition) is 3. The summed E-state index contributed by atoms with van der Waals surface area (Å²) in [5, 5.41) is 3.14. The van der Waals surface area contributed by atoms with Crippen molar-refractivity contribution in [2.24, 2.45) is 17.6 Å². The summed E-state index contributed by atoms with van der Waals surface area (Å²) >= 11 is 0. The molecule has 3 unspecified atom stereocenters. The first-order chi connectivity index (χ1) is 7.52. The van der Waals surface area contributed by atoms with Crippen LogP contribution < -0.4 is 11.1 Å². The minimum atomic E-state index is -0.243. The molecule has 1 amide bonds. The molecule has 1 saturated heterocycles. The van der Waals surface area contributed by atoms with Gasteiger partial charge in [0, 0.05) is 19.6 Å². The van der Waals surface area contributed by atoms with Crippen LogP contribution in [0.2, 0.25) is 0 Å². The van der Waals surface area contributed by atoms with Gasteiger partial charge in [0.1, 0.15) is 0 Å². The second-order valence-electron chi connectivity index (χ2n) is 5.18. The molecule has 0 aromatic rings. The molecule has 4 nitrogen and oxygen atoms in total. The molecular weight excluding hydrogens is 202 g/mol. The highest BCUT2D eigenvalue weighted by Gasteiger charge is 2.25. The fourth-order valence-electron chi connectivity index (χ4n) is 2.70. The van der Waals surface area contributed by atoms with E-state index in [0.717, 1.165) is 38.0 Å². The molecule has 16 heavy (non-hydrogen) atoms. The lowest BCUT2D eigenvalue weighted by atomic mass is 9.91. The standard InChI is InChI=1S/C12H25N3O/c1-4-14-11(12(13)16)8-15-6-9(2)5-10(3)7-15/h9-11,14H,4-8H2,1-3H3,(H2,13,16). The average molecular weight is 227 g/mol. The van der Waals surface area contributed by atoms with Crippen LogP contribution in [0.4, 0.5) is 0 Å². The molecule has 3 N–H and O–H groups in total. The monoisotopic (exact) mass is 227 g/mol. The third-order valence-corrected chi connectivity index (χ3v) is 3.18. The van der Waals surface area contributed by atoms with Crippen LogP contribution in [-0.2, 0) is 4.79 Å². The molecule has 0 aliphatic carbocycles. The number of nitrogens with zero attached hydrogens (tertiary/aromatic N) is 1. The summed E-state index contributed by atoms with van der Waals surface area (Å²) < 4.78 is 0. The molecule has 0 saturated carbocycles. The first kappa shape index (κ1) is 13.5. The highest BCUT2D eigenvalue weighted by molar-refractivity contribution is 5.80. The molecule has 1 aliphatic rings. The van der Waals surface area contributed by atoms with E-state index < -0.39 is 0 Å². The van der Waals surface area contributed by atoms with Gasteiger partial charge in [0.05, 0.1) is 6.04 Å². The molecule has 94 valence electrons. The predicted octanol–water partition coefficient (Wildman–Crippen LogP) is 0.428. The molecule has 4 heteroatoms. The number of carbonyl (C=O) groups is 1. The van der Waals surface area contributed by atoms with Crippen LogP contribution in [0.15, 0.2) is 0 Å². The fourth-order valence-corrected chi connectivity index (χ4v) is 2.70. The summed E-state index contributed by atoms with van der Waals surface area (Å²) in [5.74, 6) is 1.20. The fraction of sp³-hybridized carbons (Fsp3) is 0.917. The quantitative estimate of drug-likeness (QED) is 0.716. The summed E-state index contributed by atoms with van der Waals surface area (Å²) in [5.41, 5.74) is 5.38. The van der Waals surface area contributed by atoms with Gasteiger partial charge in [-0.1, -0.05) is 20.8 Å². The normalized spacial score (nSPS) is 28.9. The van der Waals surface area contributed by atoms with Crippen molar-refractivity contribution in [1.29, 1.82) is 0 Å². The van der Waals surface area contributed by atoms with E-state index in [-0.39, 0.29) is 11.9 Å². The molecule has 1 aliphatic heterocycles. The van der Waals surface area contributed by atoms with Gasteiger partial charge in [-0.2, -0.15) is 0 Å². The number of carbonyl (C=O) groups excluding carboxylic acids is 1. The van der Waals surface area contributed by atoms with Crippen LogP contribution in [-0.4, -0.2) is 43.0 Å². The van der Waals surface area contributed by atoms with Crippen LogP contribution in [0.3, 0.4) is 0 Å². The van der Waals surface area contributed by atoms with Crippen LogP contribution in [0.1, 0.15) is 27.2 Å². The molecule has 0 radical (unpaired) electrons. The van der Waals surface area contributed by atoms with Gasteiger partial charge in [-0.25, -0.2) is 0 Å². The molecule has 0 bridgehead atoms. The van der Waals surface area contributed by atoms with Crippen LogP contribution >= 0.6 is 0 Å². The van der Waals surface area contributed by atoms with E-state index in [1.54, 1.807) is 0 Å². The van der Waals surface area contributed by atoms with E-state index in [1.165, 1.54) is 6.42 Å². The third kappa shape index (κ3) is 4.10. The van der Waals surface area contributed by atoms with E-state index in [2.05, 4.69) is 24.1 Å². The highest BCUT2D eigenvalue weighted by atomic mass is 16.1. The molecular formula is C12H25N3O. The minimum Gasteiger partial charge on any atom is -0.368 e. The van der Waals surface area contributed by atoms with Gasteiger partial charge in [0.2, 0.25) is 5.91 Å². The number of nitrogens with two attached hydrogens (primary N) is 1. The van der Waals surface area contributed by atoms with Crippen molar-refractivity contribution < 1.29 is 4.79 Å². The van der Waals surface area contributed by atoms with E-state index in [1.807, 2.05) is 6.92 Å². The molecule has 0 spiro atoms. The molecule has 0 aromatic carbocycles. The summed E-state index contributed by atoms with van der Waals surface area (Å²) in [4.78, 5) is 13.6. The van der Waals surface area contributed by atoms with Crippen molar-refractivity contribution in [2.75, 3.05) is 26.2 Å². The highest BCUT2D eigenvalue weighted by Crippen LogP contribution is 2.20. The first-order valence-electron chi connectivity index (χ1n) is 6.28. The Bertz CT molecular complexity index is 222. The summed E-state index contributed by atoms with van der Waals surface area (Å²) in [6, 6.07) is -0.206. The van der Waals surface area contributed by atoms with E-state index in [9.17, 15) is 4.79 Å². The van der Waals surface area contributed by atoms with Crippen LogP contribution in [0.5, 0.6) is 0 Å². The van der Waals surface area contributed by atoms with Gasteiger partial charge in [-0.15, -0.1) is 0 Å². The number of nitrogens with one attached hydrogen (secondary N) is 1. The Labute approximate surface area is 98.6 Å². The lowest BCUT2D eigenvalue weighted by Gasteiger charge is -2.36. The number of piperidine rings is 1. The Balaban J connectivity index is 2.47. The smallest absolute Gasteiger partial charge is 0.235 e. The van der Waals surface area contributed by atoms with Crippen molar-refractivity contribution in [1.82, 2.24) is 10.2 Å². The van der Waals surface area contributed by atoms with Crippen LogP contribution in [0.25, 0.3) is 0 Å². The van der Waals surface area contributed by atoms with Gasteiger partial charge in [0.25, 0.3) is 0 Å². The first-order valence-corrected chi connectivity index (χ1v) is 6.28. The van der Waals surface area contributed by atoms with E-state index in [0.29, 0.717) is 0 Å². The SMILES string of the molecule is CCNC(CN1CC(C)CC(C)C1)C(N)=O. The number of likely N-dealkylation sites (N-methyl/N-ethyl adjacent to an activating group) is 1. The molecule has 1 rings (SSSR count). The Kier molecular flexibility index (Phi) is 5.22. The third-order valence-electron chi connectivity index (χ3n) is 3.18. The van der Waals surface area contributed by atoms with E-state index in [4.69, 9.17) is 5.73 Å². The number of amides is 1. The van der Waals surface area contributed by atoms with Gasteiger partial charge >= 0.3 is 0 Å². The maximum atomic E-state index is 11.3. The lowest BCUT2D eigenvalue weighted by Crippen LogP contribution is -2.51. The van der Waals surface area contributed by atoms with Crippen molar-refractivity contribution in [3.05, 3.63) is 0 Å². The number of primary amides is 1. The van der Waals surface area contributed by atoms with Crippen LogP contribution in [0, 0.1) is 11.8 Å². The largest absolute Gasteiger partial charge is 0.368 e. The maximum Gasteiger partial charge on any atom is 0.235 e. The zero-order chi connectivity index (χ0) is 12.1.